The number of aliphatic imine (C=N–C) groups is 1. The highest BCUT2D eigenvalue weighted by Gasteiger charge is 2.49. The highest BCUT2D eigenvalue weighted by molar-refractivity contribution is 6.11. The van der Waals surface area contributed by atoms with E-state index in [9.17, 15) is 9.18 Å². The normalized spacial score (nSPS) is 26.8. The average Bonchev–Trinajstić information content (AvgIpc) is 3.19. The van der Waals surface area contributed by atoms with Crippen LogP contribution in [-0.4, -0.2) is 57.9 Å². The van der Waals surface area contributed by atoms with E-state index < -0.39 is 11.4 Å². The van der Waals surface area contributed by atoms with Crippen LogP contribution in [0.15, 0.2) is 28.3 Å². The summed E-state index contributed by atoms with van der Waals surface area (Å²) in [4.78, 5) is 26.6. The number of anilines is 1. The molecule has 6 nitrogen and oxygen atoms in total. The van der Waals surface area contributed by atoms with Crippen molar-refractivity contribution in [2.45, 2.75) is 66.5 Å². The van der Waals surface area contributed by atoms with Gasteiger partial charge in [0, 0.05) is 23.9 Å². The molecule has 2 amide bonds. The zero-order chi connectivity index (χ0) is 22.7. The van der Waals surface area contributed by atoms with Crippen molar-refractivity contribution >= 4 is 17.7 Å². The lowest BCUT2D eigenvalue weighted by Crippen LogP contribution is -2.59. The van der Waals surface area contributed by atoms with Crippen LogP contribution in [0, 0.1) is 24.1 Å². The smallest absolute Gasteiger partial charge is 0.321 e. The number of nitrogens with zero attached hydrogens (tertiary/aromatic N) is 4. The van der Waals surface area contributed by atoms with Gasteiger partial charge in [0.25, 0.3) is 0 Å². The van der Waals surface area contributed by atoms with E-state index in [1.54, 1.807) is 6.07 Å². The number of likely N-dealkylation sites (tertiary alicyclic amines) is 1. The van der Waals surface area contributed by atoms with E-state index >= 15 is 0 Å². The van der Waals surface area contributed by atoms with Crippen molar-refractivity contribution in [2.24, 2.45) is 16.3 Å². The van der Waals surface area contributed by atoms with Gasteiger partial charge in [-0.05, 0) is 63.2 Å². The number of urea groups is 1. The summed E-state index contributed by atoms with van der Waals surface area (Å²) in [5.41, 5.74) is 2.48. The largest absolute Gasteiger partial charge is 0.322 e. The number of halogens is 1. The number of hydrogen-bond donors (Lipinski definition) is 1. The van der Waals surface area contributed by atoms with Crippen molar-refractivity contribution in [2.75, 3.05) is 25.0 Å². The lowest BCUT2D eigenvalue weighted by molar-refractivity contribution is 0.0296. The molecule has 0 aromatic carbocycles. The summed E-state index contributed by atoms with van der Waals surface area (Å²) in [6, 6.07) is 3.33. The molecule has 0 saturated carbocycles. The lowest BCUT2D eigenvalue weighted by atomic mass is 9.73. The number of amides is 2. The van der Waals surface area contributed by atoms with Crippen molar-refractivity contribution in [3.8, 4) is 0 Å². The fraction of sp³-hybridized carbons (Fsp3) is 0.625. The third kappa shape index (κ3) is 3.62. The highest BCUT2D eigenvalue weighted by atomic mass is 19.1. The molecule has 3 aliphatic heterocycles. The van der Waals surface area contributed by atoms with Crippen LogP contribution >= 0.6 is 0 Å². The molecule has 1 saturated heterocycles. The average molecular weight is 428 g/mol. The van der Waals surface area contributed by atoms with Crippen LogP contribution in [0.4, 0.5) is 15.0 Å². The van der Waals surface area contributed by atoms with E-state index in [1.165, 1.54) is 6.07 Å². The van der Waals surface area contributed by atoms with Crippen molar-refractivity contribution in [3.05, 3.63) is 34.8 Å². The van der Waals surface area contributed by atoms with Gasteiger partial charge in [-0.1, -0.05) is 20.8 Å². The fourth-order valence-electron chi connectivity index (χ4n) is 5.02. The molecule has 0 radical (unpaired) electrons. The van der Waals surface area contributed by atoms with Gasteiger partial charge in [-0.15, -0.1) is 0 Å². The SMILES string of the molecule is Cc1ccc(F)c(NC2=NCC3=C2CN(C(=O)N2CC(C)(C)C(C)C[C@@H]2C)C3(C)C)n1. The minimum absolute atomic E-state index is 0.0751. The fourth-order valence-corrected chi connectivity index (χ4v) is 5.02. The third-order valence-corrected chi connectivity index (χ3v) is 7.61. The van der Waals surface area contributed by atoms with Crippen LogP contribution in [0.3, 0.4) is 0 Å². The predicted octanol–water partition coefficient (Wildman–Crippen LogP) is 4.62. The maximum Gasteiger partial charge on any atom is 0.321 e. The Morgan fingerprint density at radius 3 is 2.65 bits per heavy atom. The number of carbonyl (C=O) groups is 1. The number of aryl methyl sites for hydroxylation is 1. The minimum Gasteiger partial charge on any atom is -0.322 e. The number of piperidine rings is 1. The van der Waals surface area contributed by atoms with Crippen LogP contribution in [0.1, 0.15) is 53.7 Å². The van der Waals surface area contributed by atoms with E-state index in [4.69, 9.17) is 0 Å². The van der Waals surface area contributed by atoms with Crippen molar-refractivity contribution < 1.29 is 9.18 Å². The molecule has 0 spiro atoms. The number of pyridine rings is 1. The number of carbonyl (C=O) groups excluding carboxylic acids is 1. The Balaban J connectivity index is 1.56. The van der Waals surface area contributed by atoms with Crippen molar-refractivity contribution in [1.29, 1.82) is 0 Å². The Bertz CT molecular complexity index is 980. The van der Waals surface area contributed by atoms with Gasteiger partial charge in [0.05, 0.1) is 18.6 Å². The van der Waals surface area contributed by atoms with Gasteiger partial charge in [0.15, 0.2) is 11.6 Å². The third-order valence-electron chi connectivity index (χ3n) is 7.61. The van der Waals surface area contributed by atoms with E-state index in [0.29, 0.717) is 24.8 Å². The van der Waals surface area contributed by atoms with Crippen LogP contribution in [0.2, 0.25) is 0 Å². The van der Waals surface area contributed by atoms with Crippen molar-refractivity contribution in [3.63, 3.8) is 0 Å². The molecule has 4 rings (SSSR count). The first-order valence-electron chi connectivity index (χ1n) is 11.2. The summed E-state index contributed by atoms with van der Waals surface area (Å²) in [6.07, 6.45) is 1.01. The molecule has 0 aliphatic carbocycles. The maximum atomic E-state index is 14.2. The molecule has 31 heavy (non-hydrogen) atoms. The molecule has 1 N–H and O–H groups in total. The molecule has 0 bridgehead atoms. The first-order valence-corrected chi connectivity index (χ1v) is 11.2. The Kier molecular flexibility index (Phi) is 5.14. The number of aromatic nitrogens is 1. The quantitative estimate of drug-likeness (QED) is 0.711. The second-order valence-electron chi connectivity index (χ2n) is 10.6. The Morgan fingerprint density at radius 2 is 1.94 bits per heavy atom. The Morgan fingerprint density at radius 1 is 1.23 bits per heavy atom. The lowest BCUT2D eigenvalue weighted by Gasteiger charge is -2.49. The summed E-state index contributed by atoms with van der Waals surface area (Å²) in [7, 11) is 0. The van der Waals surface area contributed by atoms with E-state index in [1.807, 2.05) is 16.7 Å². The van der Waals surface area contributed by atoms with Crippen molar-refractivity contribution in [1.82, 2.24) is 14.8 Å². The topological polar surface area (TPSA) is 60.8 Å². The van der Waals surface area contributed by atoms with Crippen LogP contribution < -0.4 is 5.32 Å². The standard InChI is InChI=1S/C24H34FN5O/c1-14-10-16(3)29(13-23(14,4)5)22(31)30-12-17-18(24(30,6)7)11-26-20(17)28-21-19(25)9-8-15(2)27-21/h8-9,14,16H,10-13H2,1-7H3,(H,26,27,28)/t14?,16-/m0/s1. The molecule has 1 aromatic heterocycles. The van der Waals surface area contributed by atoms with Gasteiger partial charge >= 0.3 is 6.03 Å². The number of rotatable bonds is 1. The number of nitrogens with one attached hydrogen (secondary N) is 1. The minimum atomic E-state index is -0.440. The summed E-state index contributed by atoms with van der Waals surface area (Å²) in [5, 5.41) is 3.08. The summed E-state index contributed by atoms with van der Waals surface area (Å²) in [5.74, 6) is 0.957. The zero-order valence-corrected chi connectivity index (χ0v) is 19.7. The second kappa shape index (κ2) is 7.31. The summed E-state index contributed by atoms with van der Waals surface area (Å²) in [6.45, 7) is 16.6. The van der Waals surface area contributed by atoms with Gasteiger partial charge in [0.1, 0.15) is 5.84 Å². The number of amidine groups is 1. The molecule has 1 unspecified atom stereocenters. The Labute approximate surface area is 184 Å². The molecule has 3 aliphatic rings. The molecule has 168 valence electrons. The van der Waals surface area contributed by atoms with Crippen LogP contribution in [0.5, 0.6) is 0 Å². The summed E-state index contributed by atoms with van der Waals surface area (Å²) < 4.78 is 14.2. The van der Waals surface area contributed by atoms with E-state index in [-0.39, 0.29) is 23.3 Å². The van der Waals surface area contributed by atoms with Crippen LogP contribution in [-0.2, 0) is 0 Å². The predicted molar refractivity (Wildman–Crippen MR) is 122 cm³/mol. The monoisotopic (exact) mass is 427 g/mol. The molecular weight excluding hydrogens is 393 g/mol. The van der Waals surface area contributed by atoms with Gasteiger partial charge < -0.3 is 15.1 Å². The van der Waals surface area contributed by atoms with E-state index in [2.05, 4.69) is 56.8 Å². The molecule has 4 heterocycles. The molecule has 1 fully saturated rings. The highest BCUT2D eigenvalue weighted by Crippen LogP contribution is 2.42. The van der Waals surface area contributed by atoms with Gasteiger partial charge in [-0.3, -0.25) is 4.99 Å². The molecule has 1 aromatic rings. The Hall–Kier alpha value is -2.44. The van der Waals surface area contributed by atoms with E-state index in [0.717, 1.165) is 29.8 Å². The van der Waals surface area contributed by atoms with Gasteiger partial charge in [-0.25, -0.2) is 14.2 Å². The molecule has 7 heteroatoms. The van der Waals surface area contributed by atoms with Gasteiger partial charge in [0.2, 0.25) is 0 Å². The molecular formula is C24H34FN5O. The first-order chi connectivity index (χ1) is 14.4. The second-order valence-corrected chi connectivity index (χ2v) is 10.6. The maximum absolute atomic E-state index is 14.2. The zero-order valence-electron chi connectivity index (χ0n) is 19.7. The van der Waals surface area contributed by atoms with Gasteiger partial charge in [-0.2, -0.15) is 0 Å². The first kappa shape index (κ1) is 21.8. The summed E-state index contributed by atoms with van der Waals surface area (Å²) >= 11 is 0. The number of hydrogen-bond acceptors (Lipinski definition) is 4. The van der Waals surface area contributed by atoms with Crippen LogP contribution in [0.25, 0.3) is 0 Å². The molecule has 2 atom stereocenters.